The van der Waals surface area contributed by atoms with Gasteiger partial charge in [-0.25, -0.2) is 4.39 Å². The second-order valence-electron chi connectivity index (χ2n) is 3.18. The number of hydrogen-bond donors (Lipinski definition) is 0. The van der Waals surface area contributed by atoms with Crippen molar-refractivity contribution in [1.29, 1.82) is 0 Å². The van der Waals surface area contributed by atoms with Crippen LogP contribution in [0.5, 0.6) is 0 Å². The van der Waals surface area contributed by atoms with Crippen LogP contribution in [0.1, 0.15) is 17.9 Å². The quantitative estimate of drug-likeness (QED) is 0.561. The molecule has 15 heavy (non-hydrogen) atoms. The molecule has 1 aromatic carbocycles. The van der Waals surface area contributed by atoms with Gasteiger partial charge >= 0.3 is 5.97 Å². The number of rotatable bonds is 4. The van der Waals surface area contributed by atoms with Gasteiger partial charge in [-0.3, -0.25) is 4.79 Å². The fourth-order valence-corrected chi connectivity index (χ4v) is 1.34. The van der Waals surface area contributed by atoms with Gasteiger partial charge in [0.05, 0.1) is 13.5 Å². The first-order valence-corrected chi connectivity index (χ1v) is 4.62. The first-order valence-electron chi connectivity index (χ1n) is 4.62. The van der Waals surface area contributed by atoms with Gasteiger partial charge in [-0.15, -0.1) is 6.58 Å². The number of benzene rings is 1. The minimum atomic E-state index is -0.329. The van der Waals surface area contributed by atoms with Gasteiger partial charge in [0.2, 0.25) is 0 Å². The molecule has 0 bridgehead atoms. The number of methoxy groups -OCH3 is 1. The molecule has 0 aliphatic rings. The standard InChI is InChI=1S/C12H13FO2/c1-3-9(8-12(14)15-2)10-5-4-6-11(13)7-10/h3-7,9H,1,8H2,2H3/t9-/m1/s1. The first kappa shape index (κ1) is 11.4. The topological polar surface area (TPSA) is 26.3 Å². The molecule has 1 aromatic rings. The number of carbonyl (C=O) groups excluding carboxylic acids is 1. The number of esters is 1. The van der Waals surface area contributed by atoms with Gasteiger partial charge in [-0.2, -0.15) is 0 Å². The summed E-state index contributed by atoms with van der Waals surface area (Å²) in [6.07, 6.45) is 1.80. The van der Waals surface area contributed by atoms with Crippen molar-refractivity contribution in [2.24, 2.45) is 0 Å². The Hall–Kier alpha value is -1.64. The Bertz CT molecular complexity index is 360. The third-order valence-corrected chi connectivity index (χ3v) is 2.18. The van der Waals surface area contributed by atoms with E-state index in [1.807, 2.05) is 0 Å². The van der Waals surface area contributed by atoms with Gasteiger partial charge in [0.15, 0.2) is 0 Å². The van der Waals surface area contributed by atoms with Crippen molar-refractivity contribution >= 4 is 5.97 Å². The van der Waals surface area contributed by atoms with E-state index in [9.17, 15) is 9.18 Å². The van der Waals surface area contributed by atoms with Crippen LogP contribution in [0.4, 0.5) is 4.39 Å². The molecule has 0 spiro atoms. The minimum Gasteiger partial charge on any atom is -0.469 e. The van der Waals surface area contributed by atoms with Crippen LogP contribution in [0.3, 0.4) is 0 Å². The lowest BCUT2D eigenvalue weighted by atomic mass is 9.96. The molecular formula is C12H13FO2. The number of carbonyl (C=O) groups is 1. The summed E-state index contributed by atoms with van der Waals surface area (Å²) in [5.41, 5.74) is 0.732. The third kappa shape index (κ3) is 3.20. The van der Waals surface area contributed by atoms with Crippen molar-refractivity contribution in [1.82, 2.24) is 0 Å². The van der Waals surface area contributed by atoms with Gasteiger partial charge < -0.3 is 4.74 Å². The minimum absolute atomic E-state index is 0.184. The smallest absolute Gasteiger partial charge is 0.306 e. The van der Waals surface area contributed by atoms with E-state index in [1.165, 1.54) is 19.2 Å². The molecule has 3 heteroatoms. The predicted molar refractivity (Wildman–Crippen MR) is 56.0 cm³/mol. The summed E-state index contributed by atoms with van der Waals surface area (Å²) < 4.78 is 17.5. The summed E-state index contributed by atoms with van der Waals surface area (Å²) in [6, 6.07) is 6.13. The first-order chi connectivity index (χ1) is 7.17. The van der Waals surface area contributed by atoms with Crippen LogP contribution in [-0.2, 0) is 9.53 Å². The van der Waals surface area contributed by atoms with Crippen LogP contribution >= 0.6 is 0 Å². The molecule has 0 fully saturated rings. The molecule has 0 aromatic heterocycles. The lowest BCUT2D eigenvalue weighted by molar-refractivity contribution is -0.140. The fourth-order valence-electron chi connectivity index (χ4n) is 1.34. The zero-order chi connectivity index (χ0) is 11.3. The van der Waals surface area contributed by atoms with E-state index in [0.717, 1.165) is 5.56 Å². The average molecular weight is 208 g/mol. The highest BCUT2D eigenvalue weighted by molar-refractivity contribution is 5.70. The van der Waals surface area contributed by atoms with Gasteiger partial charge in [0, 0.05) is 5.92 Å². The Balaban J connectivity index is 2.83. The van der Waals surface area contributed by atoms with E-state index in [-0.39, 0.29) is 24.1 Å². The molecular weight excluding hydrogens is 195 g/mol. The van der Waals surface area contributed by atoms with Crippen molar-refractivity contribution in [2.75, 3.05) is 7.11 Å². The normalized spacial score (nSPS) is 11.9. The highest BCUT2D eigenvalue weighted by Crippen LogP contribution is 2.21. The summed E-state index contributed by atoms with van der Waals surface area (Å²) in [4.78, 5) is 11.1. The molecule has 1 rings (SSSR count). The third-order valence-electron chi connectivity index (χ3n) is 2.18. The number of halogens is 1. The van der Waals surface area contributed by atoms with E-state index in [4.69, 9.17) is 0 Å². The van der Waals surface area contributed by atoms with E-state index in [1.54, 1.807) is 18.2 Å². The van der Waals surface area contributed by atoms with Crippen LogP contribution < -0.4 is 0 Å². The maximum Gasteiger partial charge on any atom is 0.306 e. The molecule has 0 saturated heterocycles. The van der Waals surface area contributed by atoms with Crippen molar-refractivity contribution in [2.45, 2.75) is 12.3 Å². The van der Waals surface area contributed by atoms with Crippen molar-refractivity contribution in [3.05, 3.63) is 48.3 Å². The fraction of sp³-hybridized carbons (Fsp3) is 0.250. The van der Waals surface area contributed by atoms with Crippen LogP contribution in [0.25, 0.3) is 0 Å². The Morgan fingerprint density at radius 1 is 1.67 bits per heavy atom. The Labute approximate surface area is 88.4 Å². The van der Waals surface area contributed by atoms with Crippen molar-refractivity contribution < 1.29 is 13.9 Å². The Kier molecular flexibility index (Phi) is 4.03. The predicted octanol–water partition coefficient (Wildman–Crippen LogP) is 2.66. The monoisotopic (exact) mass is 208 g/mol. The number of allylic oxidation sites excluding steroid dienone is 1. The van der Waals surface area contributed by atoms with Crippen LogP contribution in [0.2, 0.25) is 0 Å². The molecule has 1 atom stereocenters. The average Bonchev–Trinajstić information content (AvgIpc) is 2.25. The molecule has 0 unspecified atom stereocenters. The molecule has 0 amide bonds. The van der Waals surface area contributed by atoms with E-state index in [0.29, 0.717) is 0 Å². The van der Waals surface area contributed by atoms with Gasteiger partial charge in [-0.1, -0.05) is 18.2 Å². The summed E-state index contributed by atoms with van der Waals surface area (Å²) in [7, 11) is 1.33. The summed E-state index contributed by atoms with van der Waals surface area (Å²) in [5, 5.41) is 0. The summed E-state index contributed by atoms with van der Waals surface area (Å²) in [6.45, 7) is 3.62. The second-order valence-corrected chi connectivity index (χ2v) is 3.18. The van der Waals surface area contributed by atoms with E-state index in [2.05, 4.69) is 11.3 Å². The van der Waals surface area contributed by atoms with Gasteiger partial charge in [0.25, 0.3) is 0 Å². The second kappa shape index (κ2) is 5.29. The van der Waals surface area contributed by atoms with Crippen LogP contribution in [0.15, 0.2) is 36.9 Å². The lowest BCUT2D eigenvalue weighted by Crippen LogP contribution is -2.06. The largest absolute Gasteiger partial charge is 0.469 e. The summed E-state index contributed by atoms with van der Waals surface area (Å²) >= 11 is 0. The SMILES string of the molecule is C=C[C@H](CC(=O)OC)c1cccc(F)c1. The summed E-state index contributed by atoms with van der Waals surface area (Å²) in [5.74, 6) is -0.846. The molecule has 0 aliphatic carbocycles. The van der Waals surface area contributed by atoms with Crippen molar-refractivity contribution in [3.8, 4) is 0 Å². The van der Waals surface area contributed by atoms with Gasteiger partial charge in [0.1, 0.15) is 5.82 Å². The lowest BCUT2D eigenvalue weighted by Gasteiger charge is -2.11. The van der Waals surface area contributed by atoms with E-state index < -0.39 is 0 Å². The zero-order valence-corrected chi connectivity index (χ0v) is 8.57. The highest BCUT2D eigenvalue weighted by Gasteiger charge is 2.13. The number of hydrogen-bond acceptors (Lipinski definition) is 2. The molecule has 0 aliphatic heterocycles. The molecule has 0 radical (unpaired) electrons. The van der Waals surface area contributed by atoms with Gasteiger partial charge in [-0.05, 0) is 17.7 Å². The molecule has 2 nitrogen and oxygen atoms in total. The molecule has 0 N–H and O–H groups in total. The number of ether oxygens (including phenoxy) is 1. The van der Waals surface area contributed by atoms with Crippen LogP contribution in [-0.4, -0.2) is 13.1 Å². The maximum absolute atomic E-state index is 12.9. The Morgan fingerprint density at radius 2 is 2.40 bits per heavy atom. The Morgan fingerprint density at radius 3 is 2.93 bits per heavy atom. The van der Waals surface area contributed by atoms with Crippen molar-refractivity contribution in [3.63, 3.8) is 0 Å². The maximum atomic E-state index is 12.9. The highest BCUT2D eigenvalue weighted by atomic mass is 19.1. The molecule has 0 saturated carbocycles. The van der Waals surface area contributed by atoms with E-state index >= 15 is 0 Å². The zero-order valence-electron chi connectivity index (χ0n) is 8.57. The van der Waals surface area contributed by atoms with Crippen LogP contribution in [0, 0.1) is 5.82 Å². The molecule has 0 heterocycles. The molecule has 80 valence electrons.